The zero-order valence-electron chi connectivity index (χ0n) is 9.26. The van der Waals surface area contributed by atoms with Crippen LogP contribution >= 0.6 is 0 Å². The van der Waals surface area contributed by atoms with Crippen LogP contribution in [0.1, 0.15) is 54.0 Å². The summed E-state index contributed by atoms with van der Waals surface area (Å²) in [5.74, 6) is 0. The molecule has 0 spiro atoms. The van der Waals surface area contributed by atoms with Crippen LogP contribution in [0.3, 0.4) is 0 Å². The molecule has 0 saturated carbocycles. The third kappa shape index (κ3) is 1.59. The molecule has 1 nitrogen and oxygen atoms in total. The monoisotopic (exact) mass is 201 g/mol. The number of hydrogen-bond acceptors (Lipinski definition) is 1. The van der Waals surface area contributed by atoms with Gasteiger partial charge >= 0.3 is 0 Å². The molecular weight excluding hydrogens is 182 g/mol. The Balaban J connectivity index is 2.09. The van der Waals surface area contributed by atoms with Gasteiger partial charge in [-0.1, -0.05) is 18.6 Å². The molecule has 80 valence electrons. The third-order valence-electron chi connectivity index (χ3n) is 3.96. The summed E-state index contributed by atoms with van der Waals surface area (Å²) in [7, 11) is 0. The molecule has 0 amide bonds. The van der Waals surface area contributed by atoms with Crippen LogP contribution in [-0.4, -0.2) is 0 Å². The second-order valence-corrected chi connectivity index (χ2v) is 5.03. The normalized spacial score (nSPS) is 24.5. The highest BCUT2D eigenvalue weighted by Crippen LogP contribution is 2.32. The Kier molecular flexibility index (Phi) is 2.28. The Morgan fingerprint density at radius 1 is 0.867 bits per heavy atom. The Morgan fingerprint density at radius 2 is 1.60 bits per heavy atom. The summed E-state index contributed by atoms with van der Waals surface area (Å²) in [6, 6.07) is 5.16. The minimum atomic E-state index is 0.299. The summed E-state index contributed by atoms with van der Waals surface area (Å²) < 4.78 is 0. The van der Waals surface area contributed by atoms with Crippen molar-refractivity contribution in [3.05, 3.63) is 34.4 Å². The maximum atomic E-state index is 6.24. The van der Waals surface area contributed by atoms with E-state index in [1.165, 1.54) is 50.5 Å². The van der Waals surface area contributed by atoms with E-state index in [0.717, 1.165) is 0 Å². The first-order valence-electron chi connectivity index (χ1n) is 6.25. The lowest BCUT2D eigenvalue weighted by Gasteiger charge is -2.14. The van der Waals surface area contributed by atoms with Crippen molar-refractivity contribution in [1.29, 1.82) is 0 Å². The highest BCUT2D eigenvalue weighted by atomic mass is 14.6. The standard InChI is InChI=1S/C14H19N/c15-14-7-2-1-4-12-8-10-5-3-6-11(10)9-13(12)14/h8-9,14H,1-7,15H2/t14-/m0/s1. The molecular formula is C14H19N. The Morgan fingerprint density at radius 3 is 2.47 bits per heavy atom. The zero-order chi connectivity index (χ0) is 10.3. The molecule has 2 N–H and O–H groups in total. The fourth-order valence-corrected chi connectivity index (χ4v) is 3.09. The van der Waals surface area contributed by atoms with E-state index in [4.69, 9.17) is 5.73 Å². The minimum absolute atomic E-state index is 0.299. The Hall–Kier alpha value is -0.820. The fourth-order valence-electron chi connectivity index (χ4n) is 3.09. The number of aryl methyl sites for hydroxylation is 3. The Bertz CT molecular complexity index is 381. The number of hydrogen-bond donors (Lipinski definition) is 1. The van der Waals surface area contributed by atoms with Gasteiger partial charge in [-0.3, -0.25) is 0 Å². The molecule has 0 heterocycles. The largest absolute Gasteiger partial charge is 0.324 e. The van der Waals surface area contributed by atoms with Crippen LogP contribution in [0.15, 0.2) is 12.1 Å². The molecule has 3 rings (SSSR count). The van der Waals surface area contributed by atoms with Crippen molar-refractivity contribution in [3.63, 3.8) is 0 Å². The molecule has 0 bridgehead atoms. The average molecular weight is 201 g/mol. The molecule has 0 saturated heterocycles. The van der Waals surface area contributed by atoms with Crippen molar-refractivity contribution in [1.82, 2.24) is 0 Å². The van der Waals surface area contributed by atoms with E-state index in [9.17, 15) is 0 Å². The molecule has 1 aromatic rings. The third-order valence-corrected chi connectivity index (χ3v) is 3.96. The van der Waals surface area contributed by atoms with Crippen molar-refractivity contribution < 1.29 is 0 Å². The van der Waals surface area contributed by atoms with Crippen LogP contribution in [0.2, 0.25) is 0 Å². The summed E-state index contributed by atoms with van der Waals surface area (Å²) in [5, 5.41) is 0. The van der Waals surface area contributed by atoms with Crippen LogP contribution in [0.25, 0.3) is 0 Å². The van der Waals surface area contributed by atoms with Crippen LogP contribution in [-0.2, 0) is 19.3 Å². The van der Waals surface area contributed by atoms with E-state index in [1.54, 1.807) is 16.7 Å². The second-order valence-electron chi connectivity index (χ2n) is 5.03. The van der Waals surface area contributed by atoms with Gasteiger partial charge in [0, 0.05) is 6.04 Å². The fraction of sp³-hybridized carbons (Fsp3) is 0.571. The van der Waals surface area contributed by atoms with Crippen LogP contribution < -0.4 is 5.73 Å². The number of rotatable bonds is 0. The van der Waals surface area contributed by atoms with E-state index < -0.39 is 0 Å². The van der Waals surface area contributed by atoms with Crippen molar-refractivity contribution in [2.45, 2.75) is 51.0 Å². The van der Waals surface area contributed by atoms with Gasteiger partial charge in [0.2, 0.25) is 0 Å². The molecule has 0 aliphatic heterocycles. The van der Waals surface area contributed by atoms with Gasteiger partial charge in [0.05, 0.1) is 0 Å². The molecule has 0 radical (unpaired) electrons. The maximum absolute atomic E-state index is 6.24. The summed E-state index contributed by atoms with van der Waals surface area (Å²) in [6.07, 6.45) is 8.93. The van der Waals surface area contributed by atoms with E-state index >= 15 is 0 Å². The van der Waals surface area contributed by atoms with Gasteiger partial charge in [0.1, 0.15) is 0 Å². The van der Waals surface area contributed by atoms with Gasteiger partial charge in [-0.05, 0) is 60.8 Å². The molecule has 2 aliphatic carbocycles. The predicted octanol–water partition coefficient (Wildman–Crippen LogP) is 2.90. The van der Waals surface area contributed by atoms with Gasteiger partial charge in [-0.15, -0.1) is 0 Å². The first kappa shape index (κ1) is 9.41. The van der Waals surface area contributed by atoms with E-state index in [0.29, 0.717) is 6.04 Å². The topological polar surface area (TPSA) is 26.0 Å². The molecule has 1 heteroatoms. The van der Waals surface area contributed by atoms with Gasteiger partial charge in [-0.2, -0.15) is 0 Å². The summed E-state index contributed by atoms with van der Waals surface area (Å²) >= 11 is 0. The average Bonchev–Trinajstić information content (AvgIpc) is 2.62. The van der Waals surface area contributed by atoms with Gasteiger partial charge in [0.15, 0.2) is 0 Å². The molecule has 0 aromatic heterocycles. The van der Waals surface area contributed by atoms with Gasteiger partial charge in [-0.25, -0.2) is 0 Å². The first-order chi connectivity index (χ1) is 7.34. The molecule has 1 aromatic carbocycles. The van der Waals surface area contributed by atoms with E-state index in [1.807, 2.05) is 0 Å². The zero-order valence-corrected chi connectivity index (χ0v) is 9.26. The van der Waals surface area contributed by atoms with Crippen LogP contribution in [0, 0.1) is 0 Å². The van der Waals surface area contributed by atoms with E-state index in [2.05, 4.69) is 12.1 Å². The van der Waals surface area contributed by atoms with Crippen LogP contribution in [0.5, 0.6) is 0 Å². The van der Waals surface area contributed by atoms with Crippen molar-refractivity contribution in [2.24, 2.45) is 5.73 Å². The lowest BCUT2D eigenvalue weighted by atomic mass is 9.94. The minimum Gasteiger partial charge on any atom is -0.324 e. The maximum Gasteiger partial charge on any atom is 0.0297 e. The lowest BCUT2D eigenvalue weighted by molar-refractivity contribution is 0.615. The quantitative estimate of drug-likeness (QED) is 0.642. The summed E-state index contributed by atoms with van der Waals surface area (Å²) in [6.45, 7) is 0. The number of benzene rings is 1. The lowest BCUT2D eigenvalue weighted by Crippen LogP contribution is -2.11. The Labute approximate surface area is 91.7 Å². The first-order valence-corrected chi connectivity index (χ1v) is 6.25. The highest BCUT2D eigenvalue weighted by Gasteiger charge is 2.19. The second kappa shape index (κ2) is 3.64. The molecule has 0 unspecified atom stereocenters. The van der Waals surface area contributed by atoms with Crippen molar-refractivity contribution in [3.8, 4) is 0 Å². The molecule has 15 heavy (non-hydrogen) atoms. The van der Waals surface area contributed by atoms with Gasteiger partial charge < -0.3 is 5.73 Å². The summed E-state index contributed by atoms with van der Waals surface area (Å²) in [4.78, 5) is 0. The molecule has 1 atom stereocenters. The smallest absolute Gasteiger partial charge is 0.0297 e. The van der Waals surface area contributed by atoms with Crippen molar-refractivity contribution in [2.75, 3.05) is 0 Å². The van der Waals surface area contributed by atoms with Crippen molar-refractivity contribution >= 4 is 0 Å². The van der Waals surface area contributed by atoms with Crippen LogP contribution in [0.4, 0.5) is 0 Å². The van der Waals surface area contributed by atoms with E-state index in [-0.39, 0.29) is 0 Å². The predicted molar refractivity (Wildman–Crippen MR) is 63.0 cm³/mol. The summed E-state index contributed by atoms with van der Waals surface area (Å²) in [5.41, 5.74) is 12.4. The number of fused-ring (bicyclic) bond motifs is 2. The highest BCUT2D eigenvalue weighted by molar-refractivity contribution is 5.42. The SMILES string of the molecule is N[C@H]1CCCCc2cc3c(cc21)CCC3. The van der Waals surface area contributed by atoms with Gasteiger partial charge in [0.25, 0.3) is 0 Å². The molecule has 0 fully saturated rings. The number of nitrogens with two attached hydrogens (primary N) is 1. The molecule has 2 aliphatic rings.